The summed E-state index contributed by atoms with van der Waals surface area (Å²) in [5, 5.41) is 18.0. The van der Waals surface area contributed by atoms with Crippen LogP contribution in [0.25, 0.3) is 39.1 Å². The van der Waals surface area contributed by atoms with Gasteiger partial charge >= 0.3 is 0 Å². The van der Waals surface area contributed by atoms with E-state index in [9.17, 15) is 5.26 Å². The molecule has 1 fully saturated rings. The largest absolute Gasteiger partial charge is 0.491 e. The monoisotopic (exact) mass is 506 g/mol. The third-order valence-corrected chi connectivity index (χ3v) is 7.26. The van der Waals surface area contributed by atoms with Gasteiger partial charge in [0, 0.05) is 29.8 Å². The van der Waals surface area contributed by atoms with E-state index in [-0.39, 0.29) is 6.04 Å². The van der Waals surface area contributed by atoms with Gasteiger partial charge in [0.05, 0.1) is 42.5 Å². The van der Waals surface area contributed by atoms with E-state index in [0.717, 1.165) is 57.9 Å². The third-order valence-electron chi connectivity index (χ3n) is 7.26. The summed E-state index contributed by atoms with van der Waals surface area (Å²) in [7, 11) is 2.17. The zero-order chi connectivity index (χ0) is 26.2. The number of piperidine rings is 1. The van der Waals surface area contributed by atoms with Crippen molar-refractivity contribution in [3.8, 4) is 34.2 Å². The van der Waals surface area contributed by atoms with Gasteiger partial charge in [-0.15, -0.1) is 5.10 Å². The van der Waals surface area contributed by atoms with Crippen LogP contribution in [0, 0.1) is 17.2 Å². The number of aromatic nitrogens is 6. The van der Waals surface area contributed by atoms with Crippen molar-refractivity contribution < 1.29 is 4.74 Å². The molecule has 1 aliphatic heterocycles. The van der Waals surface area contributed by atoms with E-state index >= 15 is 0 Å². The van der Waals surface area contributed by atoms with Crippen LogP contribution in [0.4, 0.5) is 0 Å². The van der Waals surface area contributed by atoms with Crippen LogP contribution in [0.5, 0.6) is 5.75 Å². The molecule has 1 unspecified atom stereocenters. The van der Waals surface area contributed by atoms with Crippen molar-refractivity contribution in [3.63, 3.8) is 0 Å². The first-order chi connectivity index (χ1) is 18.5. The molecule has 9 nitrogen and oxygen atoms in total. The summed E-state index contributed by atoms with van der Waals surface area (Å²) < 4.78 is 10.4. The van der Waals surface area contributed by atoms with Crippen molar-refractivity contribution in [1.29, 1.82) is 5.26 Å². The SMILES string of the molecule is CC(C)n1nnc2cc(-c3c(-c4ccc(C#N)cc4)cc(OCC4CCCN(C)C4)c4cncn34)cnc21. The zero-order valence-corrected chi connectivity index (χ0v) is 21.9. The zero-order valence-electron chi connectivity index (χ0n) is 21.9. The van der Waals surface area contributed by atoms with E-state index in [1.165, 1.54) is 12.8 Å². The van der Waals surface area contributed by atoms with Crippen molar-refractivity contribution >= 4 is 16.7 Å². The van der Waals surface area contributed by atoms with Crippen LogP contribution >= 0.6 is 0 Å². The normalized spacial score (nSPS) is 16.3. The molecule has 0 bridgehead atoms. The summed E-state index contributed by atoms with van der Waals surface area (Å²) in [5.41, 5.74) is 6.77. The molecule has 0 N–H and O–H groups in total. The van der Waals surface area contributed by atoms with Gasteiger partial charge in [0.25, 0.3) is 0 Å². The Morgan fingerprint density at radius 1 is 1.13 bits per heavy atom. The first-order valence-corrected chi connectivity index (χ1v) is 13.0. The molecule has 0 aliphatic carbocycles. The van der Waals surface area contributed by atoms with Gasteiger partial charge in [0.15, 0.2) is 5.65 Å². The number of fused-ring (bicyclic) bond motifs is 2. The maximum absolute atomic E-state index is 9.33. The summed E-state index contributed by atoms with van der Waals surface area (Å²) in [6.45, 7) is 6.96. The molecule has 5 heterocycles. The number of ether oxygens (including phenoxy) is 1. The average molecular weight is 507 g/mol. The maximum Gasteiger partial charge on any atom is 0.178 e. The van der Waals surface area contributed by atoms with Gasteiger partial charge in [-0.05, 0) is 70.1 Å². The molecule has 0 spiro atoms. The fourth-order valence-corrected chi connectivity index (χ4v) is 5.34. The van der Waals surface area contributed by atoms with Crippen LogP contribution in [0.3, 0.4) is 0 Å². The van der Waals surface area contributed by atoms with Gasteiger partial charge in [-0.3, -0.25) is 4.40 Å². The molecule has 9 heteroatoms. The van der Waals surface area contributed by atoms with Crippen molar-refractivity contribution in [3.05, 3.63) is 60.7 Å². The van der Waals surface area contributed by atoms with Crippen molar-refractivity contribution in [2.45, 2.75) is 32.7 Å². The number of nitrogens with zero attached hydrogens (tertiary/aromatic N) is 8. The fraction of sp³-hybridized carbons (Fsp3) is 0.345. The second kappa shape index (κ2) is 9.88. The Hall–Kier alpha value is -4.29. The van der Waals surface area contributed by atoms with E-state index in [1.807, 2.05) is 53.7 Å². The number of hydrogen-bond donors (Lipinski definition) is 0. The lowest BCUT2D eigenvalue weighted by Gasteiger charge is -2.29. The van der Waals surface area contributed by atoms with Crippen LogP contribution in [0.15, 0.2) is 55.1 Å². The van der Waals surface area contributed by atoms with E-state index in [2.05, 4.69) is 57.6 Å². The highest BCUT2D eigenvalue weighted by Crippen LogP contribution is 2.38. The Balaban J connectivity index is 1.49. The molecule has 1 aliphatic rings. The molecule has 5 aromatic rings. The van der Waals surface area contributed by atoms with Crippen molar-refractivity contribution in [2.24, 2.45) is 5.92 Å². The molecule has 192 valence electrons. The third kappa shape index (κ3) is 4.37. The molecule has 1 saturated heterocycles. The molecule has 1 aromatic carbocycles. The average Bonchev–Trinajstić information content (AvgIpc) is 3.59. The predicted octanol–water partition coefficient (Wildman–Crippen LogP) is 4.98. The summed E-state index contributed by atoms with van der Waals surface area (Å²) >= 11 is 0. The number of benzene rings is 1. The Morgan fingerprint density at radius 2 is 1.97 bits per heavy atom. The predicted molar refractivity (Wildman–Crippen MR) is 146 cm³/mol. The summed E-state index contributed by atoms with van der Waals surface area (Å²) in [4.78, 5) is 11.6. The lowest BCUT2D eigenvalue weighted by atomic mass is 9.98. The molecular weight excluding hydrogens is 476 g/mol. The molecular formula is C29H30N8O. The van der Waals surface area contributed by atoms with Gasteiger partial charge in [-0.25, -0.2) is 14.6 Å². The van der Waals surface area contributed by atoms with Crippen LogP contribution < -0.4 is 4.74 Å². The second-order valence-corrected chi connectivity index (χ2v) is 10.4. The van der Waals surface area contributed by atoms with E-state index in [1.54, 1.807) is 0 Å². The molecule has 4 aromatic heterocycles. The van der Waals surface area contributed by atoms with Crippen LogP contribution in [0.2, 0.25) is 0 Å². The number of imidazole rings is 1. The van der Waals surface area contributed by atoms with Crippen molar-refractivity contribution in [1.82, 2.24) is 34.3 Å². The smallest absolute Gasteiger partial charge is 0.178 e. The minimum Gasteiger partial charge on any atom is -0.491 e. The minimum absolute atomic E-state index is 0.160. The first kappa shape index (κ1) is 24.1. The highest BCUT2D eigenvalue weighted by Gasteiger charge is 2.22. The summed E-state index contributed by atoms with van der Waals surface area (Å²) in [6, 6.07) is 14.1. The molecule has 6 rings (SSSR count). The van der Waals surface area contributed by atoms with Crippen LogP contribution in [-0.2, 0) is 0 Å². The van der Waals surface area contributed by atoms with Gasteiger partial charge < -0.3 is 9.64 Å². The van der Waals surface area contributed by atoms with Crippen LogP contribution in [0.1, 0.15) is 38.3 Å². The lowest BCUT2D eigenvalue weighted by Crippen LogP contribution is -2.34. The molecule has 0 radical (unpaired) electrons. The van der Waals surface area contributed by atoms with Gasteiger partial charge in [0.2, 0.25) is 0 Å². The first-order valence-electron chi connectivity index (χ1n) is 13.0. The summed E-state index contributed by atoms with van der Waals surface area (Å²) in [5.74, 6) is 1.28. The van der Waals surface area contributed by atoms with E-state index in [4.69, 9.17) is 9.72 Å². The highest BCUT2D eigenvalue weighted by atomic mass is 16.5. The quantitative estimate of drug-likeness (QED) is 0.320. The highest BCUT2D eigenvalue weighted by molar-refractivity contribution is 5.88. The Bertz CT molecular complexity index is 1640. The number of pyridine rings is 2. The van der Waals surface area contributed by atoms with E-state index in [0.29, 0.717) is 18.1 Å². The number of hydrogen-bond acceptors (Lipinski definition) is 7. The number of rotatable bonds is 6. The minimum atomic E-state index is 0.160. The fourth-order valence-electron chi connectivity index (χ4n) is 5.34. The van der Waals surface area contributed by atoms with Crippen molar-refractivity contribution in [2.75, 3.05) is 26.7 Å². The van der Waals surface area contributed by atoms with Gasteiger partial charge in [-0.2, -0.15) is 5.26 Å². The topological polar surface area (TPSA) is 97.2 Å². The number of likely N-dealkylation sites (tertiary alicyclic amines) is 1. The Morgan fingerprint density at radius 3 is 2.74 bits per heavy atom. The maximum atomic E-state index is 9.33. The standard InChI is InChI=1S/C29H30N8O/c1-19(2)37-29-25(33-34-37)11-23(14-32-29)28-24(22-8-6-20(13-30)7-9-22)12-27(26-15-31-18-36(26)28)38-17-21-5-4-10-35(3)16-21/h6-9,11-12,14-15,18-19,21H,4-5,10,16-17H2,1-3H3. The van der Waals surface area contributed by atoms with Gasteiger partial charge in [-0.1, -0.05) is 17.3 Å². The summed E-state index contributed by atoms with van der Waals surface area (Å²) in [6.07, 6.45) is 7.89. The molecule has 0 amide bonds. The van der Waals surface area contributed by atoms with Crippen LogP contribution in [-0.4, -0.2) is 61.0 Å². The molecule has 0 saturated carbocycles. The Labute approximate surface area is 221 Å². The van der Waals surface area contributed by atoms with Gasteiger partial charge in [0.1, 0.15) is 16.8 Å². The second-order valence-electron chi connectivity index (χ2n) is 10.4. The molecule has 1 atom stereocenters. The number of nitriles is 1. The van der Waals surface area contributed by atoms with E-state index < -0.39 is 0 Å². The molecule has 38 heavy (non-hydrogen) atoms. The lowest BCUT2D eigenvalue weighted by molar-refractivity contribution is 0.151. The Kier molecular flexibility index (Phi) is 6.26.